The van der Waals surface area contributed by atoms with E-state index in [2.05, 4.69) is 4.98 Å². The van der Waals surface area contributed by atoms with Gasteiger partial charge in [0.25, 0.3) is 0 Å². The molecule has 0 unspecified atom stereocenters. The van der Waals surface area contributed by atoms with Crippen LogP contribution in [0, 0.1) is 0 Å². The summed E-state index contributed by atoms with van der Waals surface area (Å²) in [6.07, 6.45) is 1.56. The minimum Gasteiger partial charge on any atom is -0.477 e. The van der Waals surface area contributed by atoms with E-state index in [0.717, 1.165) is 16.2 Å². The summed E-state index contributed by atoms with van der Waals surface area (Å²) in [5.41, 5.74) is -0.0529. The predicted molar refractivity (Wildman–Crippen MR) is 84.4 cm³/mol. The molecule has 0 atom stereocenters. The predicted octanol–water partition coefficient (Wildman–Crippen LogP) is 2.23. The molecule has 1 fully saturated rings. The normalized spacial score (nSPS) is 19.5. The average molecular weight is 299 g/mol. The molecule has 1 saturated heterocycles. The van der Waals surface area contributed by atoms with Gasteiger partial charge in [-0.15, -0.1) is 0 Å². The van der Waals surface area contributed by atoms with Crippen LogP contribution in [0.1, 0.15) is 38.2 Å². The zero-order valence-corrected chi connectivity index (χ0v) is 13.1. The molecule has 0 saturated carbocycles. The third-order valence-electron chi connectivity index (χ3n) is 4.52. The number of rotatable bonds is 2. The van der Waals surface area contributed by atoms with E-state index in [1.165, 1.54) is 0 Å². The number of carboxylic acids is 1. The van der Waals surface area contributed by atoms with Gasteiger partial charge < -0.3 is 14.4 Å². The van der Waals surface area contributed by atoms with E-state index in [9.17, 15) is 4.79 Å². The Bertz CT molecular complexity index is 741. The molecule has 114 valence electrons. The van der Waals surface area contributed by atoms with Gasteiger partial charge in [0, 0.05) is 6.20 Å². The number of aromatic carboxylic acids is 1. The molecule has 1 aromatic heterocycles. The number of nitrogens with zero attached hydrogens (tertiary/aromatic N) is 1. The van der Waals surface area contributed by atoms with Crippen molar-refractivity contribution < 1.29 is 19.2 Å². The number of hydrogen-bond donors (Lipinski definition) is 1. The van der Waals surface area contributed by atoms with Crippen LogP contribution in [0.5, 0.6) is 0 Å². The number of benzene rings is 1. The third-order valence-corrected chi connectivity index (χ3v) is 4.52. The van der Waals surface area contributed by atoms with E-state index < -0.39 is 24.3 Å². The highest BCUT2D eigenvalue weighted by Crippen LogP contribution is 2.37. The lowest BCUT2D eigenvalue weighted by Gasteiger charge is -2.32. The molecule has 0 aliphatic carbocycles. The summed E-state index contributed by atoms with van der Waals surface area (Å²) in [7, 11) is -0.530. The first kappa shape index (κ1) is 15.0. The van der Waals surface area contributed by atoms with Crippen LogP contribution < -0.4 is 5.46 Å². The smallest absolute Gasteiger partial charge is 0.477 e. The second-order valence-corrected chi connectivity index (χ2v) is 6.53. The zero-order chi connectivity index (χ0) is 16.1. The average Bonchev–Trinajstić information content (AvgIpc) is 2.66. The first-order chi connectivity index (χ1) is 10.2. The second-order valence-electron chi connectivity index (χ2n) is 6.53. The Kier molecular flexibility index (Phi) is 3.27. The molecule has 5 nitrogen and oxygen atoms in total. The summed E-state index contributed by atoms with van der Waals surface area (Å²) in [6, 6.07) is 7.25. The molecular weight excluding hydrogens is 281 g/mol. The van der Waals surface area contributed by atoms with Gasteiger partial charge >= 0.3 is 13.1 Å². The number of hydrogen-bond acceptors (Lipinski definition) is 4. The Morgan fingerprint density at radius 3 is 2.41 bits per heavy atom. The molecule has 0 spiro atoms. The van der Waals surface area contributed by atoms with Crippen LogP contribution in [0.4, 0.5) is 0 Å². The van der Waals surface area contributed by atoms with Crippen molar-refractivity contribution in [1.82, 2.24) is 4.98 Å². The van der Waals surface area contributed by atoms with Gasteiger partial charge in [-0.25, -0.2) is 9.78 Å². The lowest BCUT2D eigenvalue weighted by atomic mass is 9.76. The van der Waals surface area contributed by atoms with E-state index in [1.54, 1.807) is 12.3 Å². The van der Waals surface area contributed by atoms with Crippen LogP contribution in [0.2, 0.25) is 0 Å². The van der Waals surface area contributed by atoms with Crippen molar-refractivity contribution in [2.75, 3.05) is 0 Å². The maximum Gasteiger partial charge on any atom is 0.495 e. The summed E-state index contributed by atoms with van der Waals surface area (Å²) >= 11 is 0. The SMILES string of the molecule is CC1(C)OB(c2cccc3cnc(C(=O)O)cc23)OC1(C)C. The molecule has 6 heteroatoms. The molecule has 1 aliphatic rings. The molecule has 0 amide bonds. The second kappa shape index (κ2) is 4.79. The van der Waals surface area contributed by atoms with Crippen LogP contribution >= 0.6 is 0 Å². The van der Waals surface area contributed by atoms with Gasteiger partial charge in [0.05, 0.1) is 11.2 Å². The van der Waals surface area contributed by atoms with Crippen LogP contribution in [0.25, 0.3) is 10.8 Å². The van der Waals surface area contributed by atoms with E-state index in [4.69, 9.17) is 14.4 Å². The lowest BCUT2D eigenvalue weighted by Crippen LogP contribution is -2.41. The Balaban J connectivity index is 2.12. The van der Waals surface area contributed by atoms with Crippen LogP contribution in [0.3, 0.4) is 0 Å². The Morgan fingerprint density at radius 2 is 1.82 bits per heavy atom. The first-order valence-electron chi connectivity index (χ1n) is 7.19. The minimum absolute atomic E-state index is 0.0106. The number of carbonyl (C=O) groups is 1. The monoisotopic (exact) mass is 299 g/mol. The Hall–Kier alpha value is -1.92. The van der Waals surface area contributed by atoms with Gasteiger partial charge in [-0.2, -0.15) is 0 Å². The third kappa shape index (κ3) is 2.28. The van der Waals surface area contributed by atoms with Crippen molar-refractivity contribution in [2.24, 2.45) is 0 Å². The lowest BCUT2D eigenvalue weighted by molar-refractivity contribution is 0.00578. The van der Waals surface area contributed by atoms with Crippen LogP contribution in [0.15, 0.2) is 30.5 Å². The van der Waals surface area contributed by atoms with Crippen molar-refractivity contribution in [2.45, 2.75) is 38.9 Å². The van der Waals surface area contributed by atoms with Crippen molar-refractivity contribution in [3.63, 3.8) is 0 Å². The van der Waals surface area contributed by atoms with Crippen molar-refractivity contribution in [1.29, 1.82) is 0 Å². The van der Waals surface area contributed by atoms with Crippen molar-refractivity contribution in [3.05, 3.63) is 36.2 Å². The molecule has 1 aliphatic heterocycles. The summed E-state index contributed by atoms with van der Waals surface area (Å²) < 4.78 is 12.1. The standard InChI is InChI=1S/C16H18BNO4/c1-15(2)16(3,4)22-17(21-15)12-7-5-6-10-9-18-13(14(19)20)8-11(10)12/h5-9H,1-4H3,(H,19,20). The van der Waals surface area contributed by atoms with Crippen LogP contribution in [-0.4, -0.2) is 34.4 Å². The summed E-state index contributed by atoms with van der Waals surface area (Å²) in [5, 5.41) is 10.8. The molecule has 2 aromatic rings. The van der Waals surface area contributed by atoms with Gasteiger partial charge in [-0.05, 0) is 50.0 Å². The molecular formula is C16H18BNO4. The summed E-state index contributed by atoms with van der Waals surface area (Å²) in [6.45, 7) is 7.95. The fourth-order valence-electron chi connectivity index (χ4n) is 2.49. The highest BCUT2D eigenvalue weighted by molar-refractivity contribution is 6.65. The van der Waals surface area contributed by atoms with Crippen molar-refractivity contribution in [3.8, 4) is 0 Å². The number of fused-ring (bicyclic) bond motifs is 1. The van der Waals surface area contributed by atoms with Gasteiger partial charge in [-0.3, -0.25) is 0 Å². The Morgan fingerprint density at radius 1 is 1.18 bits per heavy atom. The van der Waals surface area contributed by atoms with Gasteiger partial charge in [0.2, 0.25) is 0 Å². The maximum atomic E-state index is 11.2. The van der Waals surface area contributed by atoms with Gasteiger partial charge in [-0.1, -0.05) is 18.2 Å². The van der Waals surface area contributed by atoms with E-state index in [0.29, 0.717) is 0 Å². The summed E-state index contributed by atoms with van der Waals surface area (Å²) in [4.78, 5) is 15.1. The molecule has 0 bridgehead atoms. The highest BCUT2D eigenvalue weighted by Gasteiger charge is 2.52. The highest BCUT2D eigenvalue weighted by atomic mass is 16.7. The van der Waals surface area contributed by atoms with E-state index in [-0.39, 0.29) is 5.69 Å². The number of carboxylic acid groups (broad SMARTS) is 1. The Labute approximate surface area is 129 Å². The number of pyridine rings is 1. The molecule has 2 heterocycles. The number of aromatic nitrogens is 1. The molecule has 22 heavy (non-hydrogen) atoms. The molecule has 3 rings (SSSR count). The largest absolute Gasteiger partial charge is 0.495 e. The fraction of sp³-hybridized carbons (Fsp3) is 0.375. The van der Waals surface area contributed by atoms with Crippen LogP contribution in [-0.2, 0) is 9.31 Å². The molecule has 0 radical (unpaired) electrons. The van der Waals surface area contributed by atoms with Gasteiger partial charge in [0.15, 0.2) is 0 Å². The van der Waals surface area contributed by atoms with Gasteiger partial charge in [0.1, 0.15) is 5.69 Å². The minimum atomic E-state index is -1.05. The van der Waals surface area contributed by atoms with E-state index >= 15 is 0 Å². The van der Waals surface area contributed by atoms with E-state index in [1.807, 2.05) is 45.9 Å². The quantitative estimate of drug-likeness (QED) is 0.861. The topological polar surface area (TPSA) is 68.7 Å². The molecule has 1 aromatic carbocycles. The van der Waals surface area contributed by atoms with Crippen molar-refractivity contribution >= 4 is 29.3 Å². The maximum absolute atomic E-state index is 11.2. The summed E-state index contributed by atoms with van der Waals surface area (Å²) in [5.74, 6) is -1.05. The molecule has 1 N–H and O–H groups in total. The first-order valence-corrected chi connectivity index (χ1v) is 7.19. The zero-order valence-electron chi connectivity index (χ0n) is 13.1. The fourth-order valence-corrected chi connectivity index (χ4v) is 2.49.